The number of ether oxygens (including phenoxy) is 2. The van der Waals surface area contributed by atoms with Gasteiger partial charge in [0.25, 0.3) is 0 Å². The molecule has 1 aromatic carbocycles. The van der Waals surface area contributed by atoms with E-state index in [1.807, 2.05) is 0 Å². The van der Waals surface area contributed by atoms with Crippen molar-refractivity contribution in [1.82, 2.24) is 5.48 Å². The van der Waals surface area contributed by atoms with Crippen LogP contribution in [0.4, 0.5) is 25.0 Å². The molecule has 8 nitrogen and oxygen atoms in total. The Labute approximate surface area is 148 Å². The number of halogens is 2. The summed E-state index contributed by atoms with van der Waals surface area (Å²) in [5, 5.41) is 0. The Morgan fingerprint density at radius 3 is 2.77 bits per heavy atom. The van der Waals surface area contributed by atoms with Crippen molar-refractivity contribution in [2.24, 2.45) is 0 Å². The van der Waals surface area contributed by atoms with E-state index in [4.69, 9.17) is 14.3 Å². The van der Waals surface area contributed by atoms with Crippen molar-refractivity contribution in [3.63, 3.8) is 0 Å². The first-order valence-corrected chi connectivity index (χ1v) is 8.16. The van der Waals surface area contributed by atoms with Gasteiger partial charge in [0.05, 0.1) is 18.8 Å². The lowest BCUT2D eigenvalue weighted by Gasteiger charge is -2.24. The summed E-state index contributed by atoms with van der Waals surface area (Å²) in [6.45, 7) is 2.59. The Morgan fingerprint density at radius 2 is 2.08 bits per heavy atom. The topological polar surface area (TPSA) is 80.3 Å². The Balaban J connectivity index is 1.77. The molecule has 0 saturated carbocycles. The summed E-state index contributed by atoms with van der Waals surface area (Å²) in [6.07, 6.45) is -1.44. The number of benzene rings is 1. The van der Waals surface area contributed by atoms with Crippen LogP contribution in [0.5, 0.6) is 0 Å². The second-order valence-corrected chi connectivity index (χ2v) is 5.91. The standard InChI is InChI=1S/C16H19F2N3O5/c1-10(22)24-9-12-8-21(16(23)26-12)11-6-13(17)15(14(18)7-11)20-3-2-19-25-5-4-20/h6-7,12,19H,2-5,8-9H2,1H3/t12-/m1/s1. The van der Waals surface area contributed by atoms with Crippen molar-refractivity contribution in [2.75, 3.05) is 49.2 Å². The quantitative estimate of drug-likeness (QED) is 0.797. The van der Waals surface area contributed by atoms with Crippen LogP contribution in [0.25, 0.3) is 0 Å². The molecule has 10 heteroatoms. The fourth-order valence-corrected chi connectivity index (χ4v) is 2.86. The molecule has 0 radical (unpaired) electrons. The van der Waals surface area contributed by atoms with Crippen LogP contribution in [0.3, 0.4) is 0 Å². The number of hydrogen-bond acceptors (Lipinski definition) is 7. The van der Waals surface area contributed by atoms with Gasteiger partial charge in [0.1, 0.15) is 12.3 Å². The van der Waals surface area contributed by atoms with Gasteiger partial charge in [-0.3, -0.25) is 14.5 Å². The molecule has 2 heterocycles. The van der Waals surface area contributed by atoms with E-state index in [1.54, 1.807) is 4.90 Å². The summed E-state index contributed by atoms with van der Waals surface area (Å²) in [7, 11) is 0. The van der Waals surface area contributed by atoms with Gasteiger partial charge in [-0.25, -0.2) is 19.1 Å². The Bertz CT molecular complexity index is 671. The third kappa shape index (κ3) is 4.02. The van der Waals surface area contributed by atoms with Crippen molar-refractivity contribution >= 4 is 23.4 Å². The number of carbonyl (C=O) groups excluding carboxylic acids is 2. The maximum atomic E-state index is 14.6. The highest BCUT2D eigenvalue weighted by Gasteiger charge is 2.34. The van der Waals surface area contributed by atoms with Gasteiger partial charge in [0, 0.05) is 38.7 Å². The van der Waals surface area contributed by atoms with Gasteiger partial charge >= 0.3 is 12.1 Å². The fraction of sp³-hybridized carbons (Fsp3) is 0.500. The Kier molecular flexibility index (Phi) is 5.52. The number of esters is 1. The first-order valence-electron chi connectivity index (χ1n) is 8.16. The maximum Gasteiger partial charge on any atom is 0.414 e. The lowest BCUT2D eigenvalue weighted by atomic mass is 10.2. The normalized spacial score (nSPS) is 20.7. The molecule has 2 fully saturated rings. The zero-order valence-corrected chi connectivity index (χ0v) is 14.2. The predicted molar refractivity (Wildman–Crippen MR) is 86.8 cm³/mol. The molecule has 3 rings (SSSR count). The highest BCUT2D eigenvalue weighted by Crippen LogP contribution is 2.31. The van der Waals surface area contributed by atoms with Crippen molar-refractivity contribution in [1.29, 1.82) is 0 Å². The van der Waals surface area contributed by atoms with Crippen LogP contribution in [0.2, 0.25) is 0 Å². The van der Waals surface area contributed by atoms with Gasteiger partial charge in [-0.05, 0) is 0 Å². The zero-order valence-electron chi connectivity index (χ0n) is 14.2. The smallest absolute Gasteiger partial charge is 0.414 e. The zero-order chi connectivity index (χ0) is 18.7. The van der Waals surface area contributed by atoms with Crippen molar-refractivity contribution < 1.29 is 32.7 Å². The summed E-state index contributed by atoms with van der Waals surface area (Å²) < 4.78 is 39.0. The molecule has 0 spiro atoms. The van der Waals surface area contributed by atoms with E-state index < -0.39 is 29.8 Å². The van der Waals surface area contributed by atoms with Crippen LogP contribution >= 0.6 is 0 Å². The summed E-state index contributed by atoms with van der Waals surface area (Å²) in [4.78, 5) is 30.5. The average Bonchev–Trinajstić information content (AvgIpc) is 2.77. The summed E-state index contributed by atoms with van der Waals surface area (Å²) in [5.74, 6) is -2.06. The van der Waals surface area contributed by atoms with Crippen LogP contribution in [0, 0.1) is 11.6 Å². The average molecular weight is 371 g/mol. The van der Waals surface area contributed by atoms with Gasteiger partial charge < -0.3 is 14.4 Å². The SMILES string of the molecule is CC(=O)OC[C@H]1CN(c2cc(F)c(N3CCNOCC3)c(F)c2)C(=O)O1. The third-order valence-electron chi connectivity index (χ3n) is 4.03. The second-order valence-electron chi connectivity index (χ2n) is 5.91. The number of cyclic esters (lactones) is 1. The molecular formula is C16H19F2N3O5. The Morgan fingerprint density at radius 1 is 1.35 bits per heavy atom. The number of nitrogens with one attached hydrogen (secondary N) is 1. The molecule has 0 aliphatic carbocycles. The largest absolute Gasteiger partial charge is 0.462 e. The van der Waals surface area contributed by atoms with Gasteiger partial charge in [-0.1, -0.05) is 0 Å². The van der Waals surface area contributed by atoms with Crippen LogP contribution in [-0.4, -0.2) is 57.6 Å². The molecule has 0 aromatic heterocycles. The molecule has 142 valence electrons. The lowest BCUT2D eigenvalue weighted by molar-refractivity contribution is -0.143. The van der Waals surface area contributed by atoms with Gasteiger partial charge in [-0.15, -0.1) is 0 Å². The molecular weight excluding hydrogens is 352 g/mol. The van der Waals surface area contributed by atoms with E-state index in [1.165, 1.54) is 6.92 Å². The minimum absolute atomic E-state index is 0.0335. The predicted octanol–water partition coefficient (Wildman–Crippen LogP) is 1.19. The molecule has 1 atom stereocenters. The first kappa shape index (κ1) is 18.3. The third-order valence-corrected chi connectivity index (χ3v) is 4.03. The van der Waals surface area contributed by atoms with E-state index in [-0.39, 0.29) is 31.1 Å². The Hall–Kier alpha value is -2.46. The molecule has 1 amide bonds. The minimum Gasteiger partial charge on any atom is -0.462 e. The summed E-state index contributed by atoms with van der Waals surface area (Å²) in [6, 6.07) is 2.18. The second kappa shape index (κ2) is 7.83. The van der Waals surface area contributed by atoms with E-state index in [2.05, 4.69) is 5.48 Å². The van der Waals surface area contributed by atoms with Crippen molar-refractivity contribution in [3.05, 3.63) is 23.8 Å². The van der Waals surface area contributed by atoms with E-state index in [0.29, 0.717) is 19.6 Å². The van der Waals surface area contributed by atoms with E-state index >= 15 is 0 Å². The van der Waals surface area contributed by atoms with E-state index in [0.717, 1.165) is 17.0 Å². The van der Waals surface area contributed by atoms with Gasteiger partial charge in [-0.2, -0.15) is 0 Å². The summed E-state index contributed by atoms with van der Waals surface area (Å²) in [5.41, 5.74) is 2.56. The molecule has 0 unspecified atom stereocenters. The number of carbonyl (C=O) groups is 2. The fourth-order valence-electron chi connectivity index (χ4n) is 2.86. The minimum atomic E-state index is -0.780. The van der Waals surface area contributed by atoms with E-state index in [9.17, 15) is 18.4 Å². The van der Waals surface area contributed by atoms with Crippen LogP contribution in [0.15, 0.2) is 12.1 Å². The van der Waals surface area contributed by atoms with Crippen LogP contribution < -0.4 is 15.3 Å². The van der Waals surface area contributed by atoms with Crippen molar-refractivity contribution in [3.8, 4) is 0 Å². The monoisotopic (exact) mass is 371 g/mol. The number of anilines is 2. The molecule has 1 aromatic rings. The molecule has 2 aliphatic heterocycles. The maximum absolute atomic E-state index is 14.6. The van der Waals surface area contributed by atoms with Crippen LogP contribution in [-0.2, 0) is 19.1 Å². The molecule has 2 saturated heterocycles. The number of hydrogen-bond donors (Lipinski definition) is 1. The van der Waals surface area contributed by atoms with Crippen LogP contribution in [0.1, 0.15) is 6.92 Å². The molecule has 26 heavy (non-hydrogen) atoms. The molecule has 0 bridgehead atoms. The van der Waals surface area contributed by atoms with Gasteiger partial charge in [0.2, 0.25) is 0 Å². The number of hydroxylamine groups is 1. The highest BCUT2D eigenvalue weighted by molar-refractivity contribution is 5.90. The number of rotatable bonds is 4. The lowest BCUT2D eigenvalue weighted by Crippen LogP contribution is -2.31. The summed E-state index contributed by atoms with van der Waals surface area (Å²) >= 11 is 0. The number of amides is 1. The van der Waals surface area contributed by atoms with Crippen molar-refractivity contribution in [2.45, 2.75) is 13.0 Å². The number of nitrogens with zero attached hydrogens (tertiary/aromatic N) is 2. The molecule has 2 aliphatic rings. The van der Waals surface area contributed by atoms with Gasteiger partial charge in [0.15, 0.2) is 17.7 Å². The first-order chi connectivity index (χ1) is 12.5. The molecule has 1 N–H and O–H groups in total. The highest BCUT2D eigenvalue weighted by atomic mass is 19.1.